The average Bonchev–Trinajstić information content (AvgIpc) is 3.26. The van der Waals surface area contributed by atoms with E-state index in [1.165, 1.54) is 11.1 Å². The molecule has 31 heavy (non-hydrogen) atoms. The summed E-state index contributed by atoms with van der Waals surface area (Å²) in [6.07, 6.45) is 0.918. The van der Waals surface area contributed by atoms with Gasteiger partial charge in [-0.05, 0) is 30.0 Å². The molecule has 0 bridgehead atoms. The van der Waals surface area contributed by atoms with Crippen LogP contribution in [-0.4, -0.2) is 42.0 Å². The second kappa shape index (κ2) is 7.69. The van der Waals surface area contributed by atoms with Gasteiger partial charge in [0.1, 0.15) is 11.2 Å². The van der Waals surface area contributed by atoms with Crippen molar-refractivity contribution in [1.29, 1.82) is 0 Å². The van der Waals surface area contributed by atoms with E-state index in [-0.39, 0.29) is 11.4 Å². The second-order valence-electron chi connectivity index (χ2n) is 6.68. The molecule has 0 saturated carbocycles. The van der Waals surface area contributed by atoms with Crippen LogP contribution < -0.4 is 4.90 Å². The molecule has 0 aliphatic heterocycles. The highest BCUT2D eigenvalue weighted by Crippen LogP contribution is 2.33. The lowest BCUT2D eigenvalue weighted by Gasteiger charge is -2.16. The fourth-order valence-electron chi connectivity index (χ4n) is 2.91. The number of nitrogens with zero attached hydrogens (tertiary/aromatic N) is 7. The van der Waals surface area contributed by atoms with Crippen LogP contribution in [0.2, 0.25) is 0 Å². The Morgan fingerprint density at radius 1 is 1.10 bits per heavy atom. The number of fused-ring (bicyclic) bond motifs is 1. The lowest BCUT2D eigenvalue weighted by atomic mass is 10.2. The van der Waals surface area contributed by atoms with E-state index in [4.69, 9.17) is 0 Å². The van der Waals surface area contributed by atoms with Crippen molar-refractivity contribution in [3.05, 3.63) is 54.2 Å². The van der Waals surface area contributed by atoms with Gasteiger partial charge in [0, 0.05) is 33.5 Å². The van der Waals surface area contributed by atoms with E-state index in [1.54, 1.807) is 54.8 Å². The molecule has 0 spiro atoms. The van der Waals surface area contributed by atoms with Gasteiger partial charge in [-0.2, -0.15) is 13.2 Å². The number of hydrogen-bond acceptors (Lipinski definition) is 6. The maximum atomic E-state index is 13.0. The highest BCUT2D eigenvalue weighted by Gasteiger charge is 2.32. The second-order valence-corrected chi connectivity index (χ2v) is 7.61. The molecule has 0 radical (unpaired) electrons. The summed E-state index contributed by atoms with van der Waals surface area (Å²) in [4.78, 5) is 30.8. The largest absolute Gasteiger partial charge is 0.417 e. The first kappa shape index (κ1) is 20.8. The molecule has 0 N–H and O–H groups in total. The summed E-state index contributed by atoms with van der Waals surface area (Å²) in [5.41, 5.74) is 0.548. The predicted octanol–water partition coefficient (Wildman–Crippen LogP) is 3.54. The number of aryl methyl sites for hydroxylation is 1. The zero-order valence-electron chi connectivity index (χ0n) is 16.6. The van der Waals surface area contributed by atoms with Crippen molar-refractivity contribution in [2.75, 3.05) is 11.9 Å². The summed E-state index contributed by atoms with van der Waals surface area (Å²) in [5.74, 6) is -0.281. The first-order chi connectivity index (χ1) is 14.7. The van der Waals surface area contributed by atoms with E-state index < -0.39 is 11.7 Å². The number of halogens is 3. The molecule has 4 aromatic rings. The minimum Gasteiger partial charge on any atom is -0.318 e. The predicted molar refractivity (Wildman–Crippen MR) is 108 cm³/mol. The molecule has 0 fully saturated rings. The summed E-state index contributed by atoms with van der Waals surface area (Å²) in [6, 6.07) is 4.45. The third-order valence-electron chi connectivity index (χ3n) is 4.68. The van der Waals surface area contributed by atoms with E-state index in [0.29, 0.717) is 27.3 Å². The minimum absolute atomic E-state index is 0.127. The van der Waals surface area contributed by atoms with Crippen molar-refractivity contribution < 1.29 is 18.0 Å². The molecule has 0 aromatic carbocycles. The van der Waals surface area contributed by atoms with Crippen LogP contribution in [0.4, 0.5) is 18.9 Å². The van der Waals surface area contributed by atoms with Gasteiger partial charge in [-0.25, -0.2) is 15.0 Å². The molecule has 0 unspecified atom stereocenters. The average molecular weight is 447 g/mol. The summed E-state index contributed by atoms with van der Waals surface area (Å²) < 4.78 is 42.1. The highest BCUT2D eigenvalue weighted by atomic mass is 32.2. The number of amides is 1. The number of carbonyl (C=O) groups is 1. The van der Waals surface area contributed by atoms with Crippen LogP contribution in [0.5, 0.6) is 0 Å². The standard InChI is InChI=1S/C19H16F3N7OS/c1-27(12-5-4-6-23-9-12)16(30)14-10-25-17(28(14)2)31-18-26-13-7-11(19(20,21)22)8-24-15(13)29(18)3/h4-10H,1-3H3. The van der Waals surface area contributed by atoms with Gasteiger partial charge >= 0.3 is 6.18 Å². The Morgan fingerprint density at radius 3 is 2.55 bits per heavy atom. The van der Waals surface area contributed by atoms with Crippen molar-refractivity contribution in [3.63, 3.8) is 0 Å². The Kier molecular flexibility index (Phi) is 5.17. The summed E-state index contributed by atoms with van der Waals surface area (Å²) in [5, 5.41) is 0.854. The number of carbonyl (C=O) groups excluding carboxylic acids is 1. The molecule has 8 nitrogen and oxygen atoms in total. The van der Waals surface area contributed by atoms with E-state index in [2.05, 4.69) is 19.9 Å². The van der Waals surface area contributed by atoms with Gasteiger partial charge in [-0.3, -0.25) is 9.78 Å². The third-order valence-corrected chi connectivity index (χ3v) is 5.79. The molecule has 4 aromatic heterocycles. The SMILES string of the molecule is CN(C(=O)c1cnc(Sc2nc3cc(C(F)(F)F)cnc3n2C)n1C)c1cccnc1. The number of pyridine rings is 2. The lowest BCUT2D eigenvalue weighted by molar-refractivity contribution is -0.137. The van der Waals surface area contributed by atoms with Gasteiger partial charge < -0.3 is 14.0 Å². The third kappa shape index (κ3) is 3.85. The Morgan fingerprint density at radius 2 is 1.87 bits per heavy atom. The monoisotopic (exact) mass is 447 g/mol. The molecule has 0 aliphatic carbocycles. The van der Waals surface area contributed by atoms with Gasteiger partial charge in [-0.15, -0.1) is 0 Å². The molecule has 4 rings (SSSR count). The van der Waals surface area contributed by atoms with Crippen LogP contribution >= 0.6 is 11.8 Å². The van der Waals surface area contributed by atoms with Crippen molar-refractivity contribution in [2.45, 2.75) is 16.5 Å². The minimum atomic E-state index is -4.50. The Balaban J connectivity index is 1.62. The fourth-order valence-corrected chi connectivity index (χ4v) is 3.78. The van der Waals surface area contributed by atoms with E-state index >= 15 is 0 Å². The van der Waals surface area contributed by atoms with Crippen molar-refractivity contribution in [2.24, 2.45) is 14.1 Å². The van der Waals surface area contributed by atoms with Crippen LogP contribution in [0.25, 0.3) is 11.2 Å². The number of imidazole rings is 2. The van der Waals surface area contributed by atoms with Crippen molar-refractivity contribution >= 4 is 34.5 Å². The van der Waals surface area contributed by atoms with Gasteiger partial charge in [0.15, 0.2) is 16.0 Å². The van der Waals surface area contributed by atoms with Gasteiger partial charge in [0.25, 0.3) is 5.91 Å². The molecular formula is C19H16F3N7OS. The van der Waals surface area contributed by atoms with Crippen LogP contribution in [0.3, 0.4) is 0 Å². The number of alkyl halides is 3. The Bertz CT molecular complexity index is 1270. The zero-order valence-corrected chi connectivity index (χ0v) is 17.4. The highest BCUT2D eigenvalue weighted by molar-refractivity contribution is 7.99. The van der Waals surface area contributed by atoms with E-state index in [9.17, 15) is 18.0 Å². The molecule has 0 saturated heterocycles. The van der Waals surface area contributed by atoms with Gasteiger partial charge in [-0.1, -0.05) is 0 Å². The normalized spacial score (nSPS) is 11.8. The number of anilines is 1. The fraction of sp³-hybridized carbons (Fsp3) is 0.211. The van der Waals surface area contributed by atoms with E-state index in [0.717, 1.165) is 24.0 Å². The van der Waals surface area contributed by atoms with Crippen LogP contribution in [0.1, 0.15) is 16.1 Å². The first-order valence-corrected chi connectivity index (χ1v) is 9.76. The first-order valence-electron chi connectivity index (χ1n) is 8.94. The molecule has 0 atom stereocenters. The van der Waals surface area contributed by atoms with Gasteiger partial charge in [0.2, 0.25) is 0 Å². The Labute approximate surface area is 178 Å². The molecule has 12 heteroatoms. The van der Waals surface area contributed by atoms with E-state index in [1.807, 2.05) is 0 Å². The maximum Gasteiger partial charge on any atom is 0.417 e. The lowest BCUT2D eigenvalue weighted by Crippen LogP contribution is -2.28. The summed E-state index contributed by atoms with van der Waals surface area (Å²) >= 11 is 1.13. The maximum absolute atomic E-state index is 13.0. The van der Waals surface area contributed by atoms with Crippen molar-refractivity contribution in [1.82, 2.24) is 29.1 Å². The van der Waals surface area contributed by atoms with Gasteiger partial charge in [0.05, 0.1) is 23.6 Å². The number of aromatic nitrogens is 6. The molecular weight excluding hydrogens is 431 g/mol. The molecule has 4 heterocycles. The molecule has 0 aliphatic rings. The molecule has 1 amide bonds. The van der Waals surface area contributed by atoms with Crippen LogP contribution in [0.15, 0.2) is 53.3 Å². The summed E-state index contributed by atoms with van der Waals surface area (Å²) in [7, 11) is 4.97. The van der Waals surface area contributed by atoms with Crippen LogP contribution in [-0.2, 0) is 20.3 Å². The topological polar surface area (TPSA) is 81.7 Å². The smallest absolute Gasteiger partial charge is 0.318 e. The number of hydrogen-bond donors (Lipinski definition) is 0. The number of rotatable bonds is 4. The quantitative estimate of drug-likeness (QED) is 0.476. The van der Waals surface area contributed by atoms with Crippen LogP contribution in [0, 0.1) is 0 Å². The Hall–Kier alpha value is -3.41. The zero-order chi connectivity index (χ0) is 22.3. The summed E-state index contributed by atoms with van der Waals surface area (Å²) in [6.45, 7) is 0. The van der Waals surface area contributed by atoms with Crippen molar-refractivity contribution in [3.8, 4) is 0 Å². The molecule has 160 valence electrons.